The average molecular weight is 373 g/mol. The Hall–Kier alpha value is -2.34. The maximum absolute atomic E-state index is 12.3. The number of anilines is 1. The van der Waals surface area contributed by atoms with Gasteiger partial charge in [-0.3, -0.25) is 4.79 Å². The Labute approximate surface area is 157 Å². The third-order valence-corrected chi connectivity index (χ3v) is 5.66. The monoisotopic (exact) mass is 373 g/mol. The summed E-state index contributed by atoms with van der Waals surface area (Å²) in [5, 5.41) is 3.43. The number of esters is 1. The molecule has 0 bridgehead atoms. The lowest BCUT2D eigenvalue weighted by atomic mass is 9.96. The van der Waals surface area contributed by atoms with Gasteiger partial charge >= 0.3 is 5.97 Å². The van der Waals surface area contributed by atoms with Crippen LogP contribution in [0.1, 0.15) is 58.0 Å². The van der Waals surface area contributed by atoms with Crippen LogP contribution < -0.4 is 5.32 Å². The highest BCUT2D eigenvalue weighted by Gasteiger charge is 2.25. The number of nitrogens with one attached hydrogen (secondary N) is 1. The highest BCUT2D eigenvalue weighted by Crippen LogP contribution is 2.37. The lowest BCUT2D eigenvalue weighted by Crippen LogP contribution is -2.12. The summed E-state index contributed by atoms with van der Waals surface area (Å²) >= 11 is 1.49. The first-order valence-electron chi connectivity index (χ1n) is 8.87. The molecule has 2 aromatic heterocycles. The molecule has 0 radical (unpaired) electrons. The quantitative estimate of drug-likeness (QED) is 0.620. The van der Waals surface area contributed by atoms with E-state index < -0.39 is 0 Å². The lowest BCUT2D eigenvalue weighted by molar-refractivity contribution is -0.111. The van der Waals surface area contributed by atoms with Crippen LogP contribution in [0.2, 0.25) is 0 Å². The van der Waals surface area contributed by atoms with Crippen LogP contribution in [-0.4, -0.2) is 19.0 Å². The second-order valence-electron chi connectivity index (χ2n) is 6.38. The molecule has 2 heterocycles. The SMILES string of the molecule is COC(=O)c1c(NC(=O)C=Cc2ccc(C)o2)sc2c1CCCCCC2. The highest BCUT2D eigenvalue weighted by atomic mass is 32.1. The summed E-state index contributed by atoms with van der Waals surface area (Å²) in [6, 6.07) is 3.64. The molecular weight excluding hydrogens is 350 g/mol. The van der Waals surface area contributed by atoms with Gasteiger partial charge in [-0.25, -0.2) is 4.79 Å². The molecule has 1 amide bonds. The van der Waals surface area contributed by atoms with Crippen molar-refractivity contribution in [2.75, 3.05) is 12.4 Å². The summed E-state index contributed by atoms with van der Waals surface area (Å²) in [7, 11) is 1.38. The normalized spacial score (nSPS) is 14.5. The number of hydrogen-bond acceptors (Lipinski definition) is 5. The van der Waals surface area contributed by atoms with Gasteiger partial charge in [-0.1, -0.05) is 12.8 Å². The maximum Gasteiger partial charge on any atom is 0.341 e. The molecule has 26 heavy (non-hydrogen) atoms. The molecule has 1 aliphatic rings. The van der Waals surface area contributed by atoms with E-state index in [-0.39, 0.29) is 11.9 Å². The maximum atomic E-state index is 12.3. The van der Waals surface area contributed by atoms with E-state index in [1.807, 2.05) is 13.0 Å². The smallest absolute Gasteiger partial charge is 0.341 e. The predicted octanol–water partition coefficient (Wildman–Crippen LogP) is 4.75. The van der Waals surface area contributed by atoms with Crippen molar-refractivity contribution in [3.63, 3.8) is 0 Å². The summed E-state index contributed by atoms with van der Waals surface area (Å²) < 4.78 is 10.4. The Balaban J connectivity index is 1.83. The van der Waals surface area contributed by atoms with Gasteiger partial charge in [-0.05, 0) is 56.4 Å². The van der Waals surface area contributed by atoms with Crippen LogP contribution in [0, 0.1) is 6.92 Å². The molecule has 1 N–H and O–H groups in total. The fraction of sp³-hybridized carbons (Fsp3) is 0.400. The number of carbonyl (C=O) groups excluding carboxylic acids is 2. The van der Waals surface area contributed by atoms with Crippen LogP contribution in [0.4, 0.5) is 5.00 Å². The van der Waals surface area contributed by atoms with Crippen LogP contribution in [0.25, 0.3) is 6.08 Å². The second-order valence-corrected chi connectivity index (χ2v) is 7.49. The zero-order chi connectivity index (χ0) is 18.5. The molecule has 1 aliphatic carbocycles. The number of amides is 1. The molecule has 138 valence electrons. The van der Waals surface area contributed by atoms with Crippen molar-refractivity contribution in [2.45, 2.75) is 45.4 Å². The Morgan fingerprint density at radius 3 is 2.65 bits per heavy atom. The molecule has 0 fully saturated rings. The predicted molar refractivity (Wildman–Crippen MR) is 103 cm³/mol. The van der Waals surface area contributed by atoms with Gasteiger partial charge in [-0.15, -0.1) is 11.3 Å². The van der Waals surface area contributed by atoms with E-state index in [4.69, 9.17) is 9.15 Å². The minimum absolute atomic E-state index is 0.293. The molecule has 0 unspecified atom stereocenters. The van der Waals surface area contributed by atoms with Crippen LogP contribution in [0.3, 0.4) is 0 Å². The molecule has 0 aromatic carbocycles. The van der Waals surface area contributed by atoms with Crippen molar-refractivity contribution < 1.29 is 18.7 Å². The molecule has 2 aromatic rings. The number of fused-ring (bicyclic) bond motifs is 1. The van der Waals surface area contributed by atoms with Crippen LogP contribution in [-0.2, 0) is 22.4 Å². The van der Waals surface area contributed by atoms with Gasteiger partial charge in [0.2, 0.25) is 5.91 Å². The van der Waals surface area contributed by atoms with Crippen molar-refractivity contribution in [1.82, 2.24) is 0 Å². The lowest BCUT2D eigenvalue weighted by Gasteiger charge is -2.10. The second kappa shape index (κ2) is 8.36. The largest absolute Gasteiger partial charge is 0.465 e. The van der Waals surface area contributed by atoms with Gasteiger partial charge in [0, 0.05) is 11.0 Å². The number of methoxy groups -OCH3 is 1. The van der Waals surface area contributed by atoms with Crippen molar-refractivity contribution in [1.29, 1.82) is 0 Å². The zero-order valence-corrected chi connectivity index (χ0v) is 15.9. The van der Waals surface area contributed by atoms with Crippen molar-refractivity contribution in [3.05, 3.63) is 45.7 Å². The van der Waals surface area contributed by atoms with Gasteiger partial charge in [0.25, 0.3) is 0 Å². The number of carbonyl (C=O) groups is 2. The molecule has 0 aliphatic heterocycles. The van der Waals surface area contributed by atoms with Gasteiger partial charge in [-0.2, -0.15) is 0 Å². The standard InChI is InChI=1S/C20H23NO4S/c1-13-9-10-14(25-13)11-12-17(22)21-19-18(20(23)24-2)15-7-5-3-4-6-8-16(15)26-19/h9-12H,3-8H2,1-2H3,(H,21,22). The Kier molecular flexibility index (Phi) is 5.93. The first kappa shape index (κ1) is 18.5. The minimum Gasteiger partial charge on any atom is -0.465 e. The summed E-state index contributed by atoms with van der Waals surface area (Å²) in [6.07, 6.45) is 9.37. The number of hydrogen-bond donors (Lipinski definition) is 1. The molecule has 6 heteroatoms. The molecule has 3 rings (SSSR count). The van der Waals surface area contributed by atoms with Gasteiger partial charge < -0.3 is 14.5 Å². The number of rotatable bonds is 4. The molecule has 0 atom stereocenters. The highest BCUT2D eigenvalue weighted by molar-refractivity contribution is 7.17. The molecule has 0 spiro atoms. The topological polar surface area (TPSA) is 68.5 Å². The van der Waals surface area contributed by atoms with E-state index in [1.54, 1.807) is 12.1 Å². The summed E-state index contributed by atoms with van der Waals surface area (Å²) in [5.41, 5.74) is 1.56. The number of aryl methyl sites for hydroxylation is 2. The Morgan fingerprint density at radius 1 is 1.19 bits per heavy atom. The van der Waals surface area contributed by atoms with Crippen molar-refractivity contribution in [2.24, 2.45) is 0 Å². The van der Waals surface area contributed by atoms with Crippen molar-refractivity contribution >= 4 is 34.3 Å². The van der Waals surface area contributed by atoms with Crippen molar-refractivity contribution in [3.8, 4) is 0 Å². The number of ether oxygens (including phenoxy) is 1. The van der Waals surface area contributed by atoms with Crippen LogP contribution >= 0.6 is 11.3 Å². The van der Waals surface area contributed by atoms with E-state index in [1.165, 1.54) is 42.2 Å². The molecule has 0 saturated carbocycles. The van der Waals surface area contributed by atoms with E-state index in [0.717, 1.165) is 37.0 Å². The summed E-state index contributed by atoms with van der Waals surface area (Å²) in [4.78, 5) is 25.8. The number of thiophene rings is 1. The van der Waals surface area contributed by atoms with Crippen LogP contribution in [0.15, 0.2) is 22.6 Å². The van der Waals surface area contributed by atoms with Gasteiger partial charge in [0.05, 0.1) is 12.7 Å². The fourth-order valence-electron chi connectivity index (χ4n) is 3.18. The first-order valence-corrected chi connectivity index (χ1v) is 9.68. The Morgan fingerprint density at radius 2 is 1.96 bits per heavy atom. The minimum atomic E-state index is -0.385. The molecular formula is C20H23NO4S. The third kappa shape index (κ3) is 4.25. The van der Waals surface area contributed by atoms with E-state index in [0.29, 0.717) is 16.3 Å². The Bertz CT molecular complexity index is 831. The molecule has 5 nitrogen and oxygen atoms in total. The van der Waals surface area contributed by atoms with Crippen LogP contribution in [0.5, 0.6) is 0 Å². The first-order chi connectivity index (χ1) is 12.6. The van der Waals surface area contributed by atoms with E-state index >= 15 is 0 Å². The third-order valence-electron chi connectivity index (χ3n) is 4.46. The van der Waals surface area contributed by atoms with Gasteiger partial charge in [0.15, 0.2) is 0 Å². The van der Waals surface area contributed by atoms with E-state index in [2.05, 4.69) is 5.32 Å². The van der Waals surface area contributed by atoms with E-state index in [9.17, 15) is 9.59 Å². The number of furan rings is 1. The van der Waals surface area contributed by atoms with Gasteiger partial charge in [0.1, 0.15) is 16.5 Å². The zero-order valence-electron chi connectivity index (χ0n) is 15.1. The molecule has 0 saturated heterocycles. The summed E-state index contributed by atoms with van der Waals surface area (Å²) in [5.74, 6) is 0.725. The average Bonchev–Trinajstić information content (AvgIpc) is 3.16. The fourth-order valence-corrected chi connectivity index (χ4v) is 4.46. The summed E-state index contributed by atoms with van der Waals surface area (Å²) in [6.45, 7) is 1.85.